The van der Waals surface area contributed by atoms with E-state index in [1.54, 1.807) is 18.5 Å². The Labute approximate surface area is 55.2 Å². The minimum absolute atomic E-state index is 1.50. The molecule has 0 atom stereocenters. The van der Waals surface area contributed by atoms with Gasteiger partial charge in [0.05, 0.1) is 0 Å². The fourth-order valence-corrected chi connectivity index (χ4v) is 0.253. The van der Waals surface area contributed by atoms with E-state index in [1.165, 1.54) is 6.33 Å². The van der Waals surface area contributed by atoms with E-state index in [2.05, 4.69) is 15.3 Å². The Morgan fingerprint density at radius 3 is 1.67 bits per heavy atom. The average molecular weight is 125 g/mol. The maximum atomic E-state index is 3.67. The van der Waals surface area contributed by atoms with Gasteiger partial charge < -0.3 is 5.32 Å². The summed E-state index contributed by atoms with van der Waals surface area (Å²) in [6, 6.07) is 1.78. The Morgan fingerprint density at radius 1 is 1.11 bits per heavy atom. The Morgan fingerprint density at radius 2 is 1.56 bits per heavy atom. The second-order valence-electron chi connectivity index (χ2n) is 1.40. The molecule has 0 spiro atoms. The molecule has 1 aromatic heterocycles. The predicted molar refractivity (Wildman–Crippen MR) is 37.0 cm³/mol. The molecule has 0 aliphatic carbocycles. The zero-order chi connectivity index (χ0) is 6.95. The van der Waals surface area contributed by atoms with Gasteiger partial charge in [0.25, 0.3) is 0 Å². The molecular weight excluding hydrogens is 114 g/mol. The highest BCUT2D eigenvalue weighted by molar-refractivity contribution is 4.74. The molecule has 0 aromatic carbocycles. The molecule has 0 saturated carbocycles. The van der Waals surface area contributed by atoms with Crippen LogP contribution in [0.25, 0.3) is 0 Å². The van der Waals surface area contributed by atoms with Crippen molar-refractivity contribution in [3.05, 3.63) is 24.8 Å². The van der Waals surface area contributed by atoms with Crippen LogP contribution in [0.15, 0.2) is 24.8 Å². The number of hydrogen-bond acceptors (Lipinski definition) is 3. The first-order valence-electron chi connectivity index (χ1n) is 2.70. The summed E-state index contributed by atoms with van der Waals surface area (Å²) in [5.74, 6) is 0. The third kappa shape index (κ3) is 7.04. The van der Waals surface area contributed by atoms with E-state index in [0.717, 1.165) is 0 Å². The van der Waals surface area contributed by atoms with Gasteiger partial charge in [-0.05, 0) is 20.2 Å². The van der Waals surface area contributed by atoms with Crippen molar-refractivity contribution < 1.29 is 0 Å². The van der Waals surface area contributed by atoms with Gasteiger partial charge in [-0.25, -0.2) is 9.97 Å². The lowest BCUT2D eigenvalue weighted by molar-refractivity contribution is 1.02. The van der Waals surface area contributed by atoms with Crippen LogP contribution >= 0.6 is 0 Å². The Bertz CT molecular complexity index is 91.2. The lowest BCUT2D eigenvalue weighted by Crippen LogP contribution is -1.89. The second-order valence-corrected chi connectivity index (χ2v) is 1.40. The van der Waals surface area contributed by atoms with Crippen molar-refractivity contribution in [2.75, 3.05) is 14.1 Å². The zero-order valence-corrected chi connectivity index (χ0v) is 5.70. The largest absolute Gasteiger partial charge is 0.323 e. The first-order valence-corrected chi connectivity index (χ1v) is 2.70. The molecule has 1 heterocycles. The van der Waals surface area contributed by atoms with Gasteiger partial charge in [-0.2, -0.15) is 0 Å². The fraction of sp³-hybridized carbons (Fsp3) is 0.333. The smallest absolute Gasteiger partial charge is 0.115 e. The summed E-state index contributed by atoms with van der Waals surface area (Å²) < 4.78 is 0. The molecule has 1 N–H and O–H groups in total. The third-order valence-corrected chi connectivity index (χ3v) is 0.478. The van der Waals surface area contributed by atoms with Crippen LogP contribution in [-0.2, 0) is 0 Å². The summed E-state index contributed by atoms with van der Waals surface area (Å²) in [7, 11) is 3.75. The standard InChI is InChI=1S/C4H4N2.C2H7N/c1-2-5-4-6-3-1;1-3-2/h1-4H;3H,1-2H3. The van der Waals surface area contributed by atoms with Crippen molar-refractivity contribution in [2.24, 2.45) is 0 Å². The highest BCUT2D eigenvalue weighted by atomic mass is 14.8. The summed E-state index contributed by atoms with van der Waals surface area (Å²) in [5, 5.41) is 2.75. The van der Waals surface area contributed by atoms with Crippen LogP contribution in [0, 0.1) is 0 Å². The van der Waals surface area contributed by atoms with E-state index >= 15 is 0 Å². The monoisotopic (exact) mass is 125 g/mol. The van der Waals surface area contributed by atoms with Gasteiger partial charge in [-0.15, -0.1) is 0 Å². The van der Waals surface area contributed by atoms with Gasteiger partial charge in [-0.1, -0.05) is 0 Å². The Kier molecular flexibility index (Phi) is 6.29. The molecule has 0 saturated heterocycles. The Hall–Kier alpha value is -0.960. The average Bonchev–Trinajstić information content (AvgIpc) is 1.93. The number of rotatable bonds is 0. The first kappa shape index (κ1) is 8.04. The molecule has 3 nitrogen and oxygen atoms in total. The molecule has 0 aliphatic heterocycles. The molecule has 0 unspecified atom stereocenters. The first-order chi connectivity index (χ1) is 4.41. The van der Waals surface area contributed by atoms with Crippen LogP contribution in [0.2, 0.25) is 0 Å². The minimum atomic E-state index is 1.50. The van der Waals surface area contributed by atoms with E-state index in [9.17, 15) is 0 Å². The molecule has 0 radical (unpaired) electrons. The second kappa shape index (κ2) is 7.04. The van der Waals surface area contributed by atoms with Crippen molar-refractivity contribution in [1.82, 2.24) is 15.3 Å². The third-order valence-electron chi connectivity index (χ3n) is 0.478. The number of nitrogens with zero attached hydrogens (tertiary/aromatic N) is 2. The van der Waals surface area contributed by atoms with E-state index in [4.69, 9.17) is 0 Å². The minimum Gasteiger partial charge on any atom is -0.323 e. The highest BCUT2D eigenvalue weighted by Crippen LogP contribution is 1.66. The molecule has 0 aliphatic rings. The number of aromatic nitrogens is 2. The van der Waals surface area contributed by atoms with Crippen LogP contribution in [0.3, 0.4) is 0 Å². The van der Waals surface area contributed by atoms with Gasteiger partial charge in [0, 0.05) is 12.4 Å². The van der Waals surface area contributed by atoms with Gasteiger partial charge in [0.15, 0.2) is 0 Å². The van der Waals surface area contributed by atoms with E-state index < -0.39 is 0 Å². The highest BCUT2D eigenvalue weighted by Gasteiger charge is 1.59. The van der Waals surface area contributed by atoms with E-state index in [1.807, 2.05) is 14.1 Å². The SMILES string of the molecule is CNC.c1cncnc1. The van der Waals surface area contributed by atoms with Crippen LogP contribution in [0.5, 0.6) is 0 Å². The Balaban J connectivity index is 0.000000187. The number of hydrogen-bond donors (Lipinski definition) is 1. The van der Waals surface area contributed by atoms with Crippen LogP contribution in [0.4, 0.5) is 0 Å². The van der Waals surface area contributed by atoms with Gasteiger partial charge >= 0.3 is 0 Å². The lowest BCUT2D eigenvalue weighted by atomic mass is 10.7. The number of nitrogens with one attached hydrogen (secondary N) is 1. The molecule has 0 amide bonds. The van der Waals surface area contributed by atoms with E-state index in [0.29, 0.717) is 0 Å². The van der Waals surface area contributed by atoms with Gasteiger partial charge in [0.1, 0.15) is 6.33 Å². The van der Waals surface area contributed by atoms with Crippen molar-refractivity contribution in [1.29, 1.82) is 0 Å². The molecule has 9 heavy (non-hydrogen) atoms. The molecule has 0 bridgehead atoms. The summed E-state index contributed by atoms with van der Waals surface area (Å²) >= 11 is 0. The summed E-state index contributed by atoms with van der Waals surface area (Å²) in [6.07, 6.45) is 4.88. The lowest BCUT2D eigenvalue weighted by Gasteiger charge is -1.70. The molecule has 1 rings (SSSR count). The fourth-order valence-electron chi connectivity index (χ4n) is 0.253. The summed E-state index contributed by atoms with van der Waals surface area (Å²) in [6.45, 7) is 0. The summed E-state index contributed by atoms with van der Waals surface area (Å²) in [4.78, 5) is 7.35. The van der Waals surface area contributed by atoms with Crippen LogP contribution < -0.4 is 5.32 Å². The van der Waals surface area contributed by atoms with E-state index in [-0.39, 0.29) is 0 Å². The molecule has 50 valence electrons. The molecule has 0 fully saturated rings. The maximum Gasteiger partial charge on any atom is 0.115 e. The quantitative estimate of drug-likeness (QED) is 0.542. The predicted octanol–water partition coefficient (Wildman–Crippen LogP) is 0.312. The molecular formula is C6H11N3. The van der Waals surface area contributed by atoms with Gasteiger partial charge in [-0.3, -0.25) is 0 Å². The van der Waals surface area contributed by atoms with Crippen molar-refractivity contribution in [2.45, 2.75) is 0 Å². The maximum absolute atomic E-state index is 3.67. The van der Waals surface area contributed by atoms with Crippen molar-refractivity contribution >= 4 is 0 Å². The van der Waals surface area contributed by atoms with Crippen molar-refractivity contribution in [3.63, 3.8) is 0 Å². The van der Waals surface area contributed by atoms with Crippen molar-refractivity contribution in [3.8, 4) is 0 Å². The van der Waals surface area contributed by atoms with Gasteiger partial charge in [0.2, 0.25) is 0 Å². The molecule has 1 aromatic rings. The summed E-state index contributed by atoms with van der Waals surface area (Å²) in [5.41, 5.74) is 0. The van der Waals surface area contributed by atoms with Crippen LogP contribution in [0.1, 0.15) is 0 Å². The normalized spacial score (nSPS) is 7.33. The topological polar surface area (TPSA) is 37.8 Å². The zero-order valence-electron chi connectivity index (χ0n) is 5.70. The van der Waals surface area contributed by atoms with Crippen LogP contribution in [-0.4, -0.2) is 24.1 Å². The molecule has 3 heteroatoms.